The van der Waals surface area contributed by atoms with Crippen molar-refractivity contribution >= 4 is 12.4 Å². The molecule has 1 aliphatic rings. The van der Waals surface area contributed by atoms with Crippen LogP contribution in [-0.2, 0) is 31.3 Å². The Morgan fingerprint density at radius 3 is 2.35 bits per heavy atom. The molecule has 1 saturated heterocycles. The minimum Gasteiger partial charge on any atom is -0.410 e. The van der Waals surface area contributed by atoms with Gasteiger partial charge in [-0.2, -0.15) is 0 Å². The molecule has 4 heteroatoms. The average Bonchev–Trinajstić information content (AvgIpc) is 3.12. The first-order valence-electron chi connectivity index (χ1n) is 6.23. The second kappa shape index (κ2) is 4.81. The first-order chi connectivity index (χ1) is 9.76. The van der Waals surface area contributed by atoms with Crippen LogP contribution in [0.5, 0.6) is 0 Å². The molecular weight excluding hydrogens is 256 g/mol. The largest absolute Gasteiger partial charge is 0.410 e. The molecule has 2 aromatic rings. The van der Waals surface area contributed by atoms with Crippen LogP contribution >= 0.6 is 0 Å². The van der Waals surface area contributed by atoms with E-state index in [9.17, 15) is 9.59 Å². The number of carbonyl (C=O) groups excluding carboxylic acids is 2. The molecule has 0 N–H and O–H groups in total. The summed E-state index contributed by atoms with van der Waals surface area (Å²) in [6.45, 7) is 0.240. The van der Waals surface area contributed by atoms with Gasteiger partial charge < -0.3 is 9.47 Å². The maximum Gasteiger partial charge on any atom is 0.402 e. The van der Waals surface area contributed by atoms with E-state index in [0.717, 1.165) is 11.1 Å². The highest BCUT2D eigenvalue weighted by molar-refractivity contribution is 5.93. The van der Waals surface area contributed by atoms with E-state index in [-0.39, 0.29) is 6.47 Å². The van der Waals surface area contributed by atoms with Crippen LogP contribution in [0.15, 0.2) is 54.6 Å². The van der Waals surface area contributed by atoms with Crippen LogP contribution < -0.4 is 0 Å². The maximum absolute atomic E-state index is 11.5. The van der Waals surface area contributed by atoms with Crippen molar-refractivity contribution in [1.29, 1.82) is 0 Å². The monoisotopic (exact) mass is 268 g/mol. The Hall–Kier alpha value is -2.62. The topological polar surface area (TPSA) is 55.9 Å². The first-order valence-corrected chi connectivity index (χ1v) is 6.23. The average molecular weight is 268 g/mol. The molecule has 1 atom stereocenters. The highest BCUT2D eigenvalue weighted by atomic mass is 16.8. The van der Waals surface area contributed by atoms with E-state index in [2.05, 4.69) is 0 Å². The van der Waals surface area contributed by atoms with Crippen molar-refractivity contribution in [3.05, 3.63) is 71.3 Å². The maximum atomic E-state index is 11.5. The molecule has 20 heavy (non-hydrogen) atoms. The Morgan fingerprint density at radius 1 is 1.05 bits per heavy atom. The third-order valence-corrected chi connectivity index (χ3v) is 3.29. The smallest absolute Gasteiger partial charge is 0.402 e. The minimum absolute atomic E-state index is 0.240. The summed E-state index contributed by atoms with van der Waals surface area (Å²) in [6.07, 6.45) is 0.637. The fourth-order valence-electron chi connectivity index (χ4n) is 2.28. The summed E-state index contributed by atoms with van der Waals surface area (Å²) in [5, 5.41) is 0. The number of carbonyl (C=O) groups is 2. The molecule has 0 radical (unpaired) electrons. The van der Waals surface area contributed by atoms with Crippen LogP contribution in [0.1, 0.15) is 16.7 Å². The van der Waals surface area contributed by atoms with E-state index >= 15 is 0 Å². The number of hydrogen-bond acceptors (Lipinski definition) is 4. The van der Waals surface area contributed by atoms with Gasteiger partial charge in [0.15, 0.2) is 0 Å². The quantitative estimate of drug-likeness (QED) is 0.616. The Bertz CT molecular complexity index is 651. The molecule has 2 aromatic carbocycles. The number of rotatable bonds is 5. The highest BCUT2D eigenvalue weighted by Gasteiger charge is 2.64. The summed E-state index contributed by atoms with van der Waals surface area (Å²) in [5.74, 6) is -2.07. The van der Waals surface area contributed by atoms with Gasteiger partial charge in [-0.25, -0.2) is 4.79 Å². The lowest BCUT2D eigenvalue weighted by atomic mass is 9.96. The van der Waals surface area contributed by atoms with Gasteiger partial charge in [0.05, 0.1) is 5.56 Å². The van der Waals surface area contributed by atoms with Gasteiger partial charge >= 0.3 is 11.8 Å². The molecule has 1 fully saturated rings. The number of epoxide rings is 1. The van der Waals surface area contributed by atoms with E-state index in [1.54, 1.807) is 12.1 Å². The zero-order valence-electron chi connectivity index (χ0n) is 10.6. The summed E-state index contributed by atoms with van der Waals surface area (Å²) in [5.41, 5.74) is 2.58. The van der Waals surface area contributed by atoms with Gasteiger partial charge in [-0.1, -0.05) is 54.6 Å². The van der Waals surface area contributed by atoms with Crippen molar-refractivity contribution in [2.75, 3.05) is 0 Å². The molecule has 0 aliphatic carbocycles. The lowest BCUT2D eigenvalue weighted by Crippen LogP contribution is -2.17. The molecule has 3 rings (SSSR count). The molecule has 0 amide bonds. The van der Waals surface area contributed by atoms with Gasteiger partial charge in [-0.15, -0.1) is 0 Å². The normalized spacial score (nSPS) is 20.1. The lowest BCUT2D eigenvalue weighted by molar-refractivity contribution is -0.145. The zero-order valence-corrected chi connectivity index (χ0v) is 10.6. The van der Waals surface area contributed by atoms with Gasteiger partial charge in [0.2, 0.25) is 0 Å². The molecule has 1 aliphatic heterocycles. The summed E-state index contributed by atoms with van der Waals surface area (Å²) in [7, 11) is 0. The van der Waals surface area contributed by atoms with Gasteiger partial charge in [-0.3, -0.25) is 4.79 Å². The fraction of sp³-hybridized carbons (Fsp3) is 0.125. The molecule has 100 valence electrons. The third kappa shape index (κ3) is 2.05. The predicted molar refractivity (Wildman–Crippen MR) is 70.6 cm³/mol. The molecule has 0 aromatic heterocycles. The van der Waals surface area contributed by atoms with E-state index in [1.165, 1.54) is 0 Å². The van der Waals surface area contributed by atoms with E-state index in [4.69, 9.17) is 9.47 Å². The molecule has 0 spiro atoms. The van der Waals surface area contributed by atoms with Crippen LogP contribution in [0.4, 0.5) is 0 Å². The number of cyclic esters (lactones) is 1. The van der Waals surface area contributed by atoms with Crippen molar-refractivity contribution in [3.63, 3.8) is 0 Å². The molecule has 1 unspecified atom stereocenters. The van der Waals surface area contributed by atoms with E-state index in [0.29, 0.717) is 12.0 Å². The van der Waals surface area contributed by atoms with Crippen molar-refractivity contribution in [2.45, 2.75) is 12.2 Å². The molecule has 0 bridgehead atoms. The highest BCUT2D eigenvalue weighted by Crippen LogP contribution is 2.43. The van der Waals surface area contributed by atoms with Crippen molar-refractivity contribution in [2.24, 2.45) is 0 Å². The Kier molecular flexibility index (Phi) is 2.99. The molecule has 0 saturated carbocycles. The first kappa shape index (κ1) is 12.4. The molecular formula is C16H12O4. The van der Waals surface area contributed by atoms with Crippen LogP contribution in [-0.4, -0.2) is 12.4 Å². The fourth-order valence-corrected chi connectivity index (χ4v) is 2.28. The van der Waals surface area contributed by atoms with E-state index < -0.39 is 11.8 Å². The Morgan fingerprint density at radius 2 is 1.70 bits per heavy atom. The van der Waals surface area contributed by atoms with Gasteiger partial charge in [0.25, 0.3) is 6.47 Å². The number of ether oxygens (including phenoxy) is 2. The summed E-state index contributed by atoms with van der Waals surface area (Å²) in [4.78, 5) is 22.1. The minimum atomic E-state index is -1.53. The third-order valence-electron chi connectivity index (χ3n) is 3.29. The zero-order chi connectivity index (χ0) is 14.0. The van der Waals surface area contributed by atoms with Crippen molar-refractivity contribution < 1.29 is 19.1 Å². The summed E-state index contributed by atoms with van der Waals surface area (Å²) in [6, 6.07) is 17.2. The number of hydrogen-bond donors (Lipinski definition) is 0. The second-order valence-electron chi connectivity index (χ2n) is 4.54. The van der Waals surface area contributed by atoms with Crippen LogP contribution in [0.2, 0.25) is 0 Å². The Labute approximate surface area is 115 Å². The van der Waals surface area contributed by atoms with Gasteiger partial charge in [0, 0.05) is 0 Å². The van der Waals surface area contributed by atoms with Crippen LogP contribution in [0.3, 0.4) is 0 Å². The SMILES string of the molecule is O=COC1(c2ccccc2Cc2ccccc2)OC1=O. The standard InChI is InChI=1S/C16H12O4/c17-11-19-16(15(18)20-16)14-9-5-4-8-13(14)10-12-6-2-1-3-7-12/h1-9,11H,10H2. The van der Waals surface area contributed by atoms with E-state index in [1.807, 2.05) is 42.5 Å². The molecule has 4 nitrogen and oxygen atoms in total. The van der Waals surface area contributed by atoms with Gasteiger partial charge in [0.1, 0.15) is 0 Å². The molecule has 1 heterocycles. The Balaban J connectivity index is 1.97. The second-order valence-corrected chi connectivity index (χ2v) is 4.54. The van der Waals surface area contributed by atoms with Crippen LogP contribution in [0.25, 0.3) is 0 Å². The van der Waals surface area contributed by atoms with Gasteiger partial charge in [-0.05, 0) is 17.5 Å². The van der Waals surface area contributed by atoms with Crippen LogP contribution in [0, 0.1) is 0 Å². The summed E-state index contributed by atoms with van der Waals surface area (Å²) >= 11 is 0. The van der Waals surface area contributed by atoms with Crippen molar-refractivity contribution in [1.82, 2.24) is 0 Å². The summed E-state index contributed by atoms with van der Waals surface area (Å²) < 4.78 is 9.78. The van der Waals surface area contributed by atoms with Crippen molar-refractivity contribution in [3.8, 4) is 0 Å². The lowest BCUT2D eigenvalue weighted by Gasteiger charge is -2.12. The predicted octanol–water partition coefficient (Wildman–Crippen LogP) is 2.16. The number of benzene rings is 2.